The van der Waals surface area contributed by atoms with E-state index in [1.165, 1.54) is 5.56 Å². The van der Waals surface area contributed by atoms with E-state index >= 15 is 0 Å². The van der Waals surface area contributed by atoms with Crippen LogP contribution in [0, 0.1) is 0 Å². The fraction of sp³-hybridized carbons (Fsp3) is 0.517. The molecule has 0 aromatic heterocycles. The van der Waals surface area contributed by atoms with Crippen molar-refractivity contribution in [1.29, 1.82) is 0 Å². The molecular weight excluding hydrogens is 452 g/mol. The second kappa shape index (κ2) is 15.4. The van der Waals surface area contributed by atoms with Crippen LogP contribution in [-0.4, -0.2) is 68.0 Å². The Balaban J connectivity index is 2.02. The quantitative estimate of drug-likeness (QED) is 0.391. The number of hydrogen-bond acceptors (Lipinski definition) is 5. The molecule has 1 atom stereocenters. The van der Waals surface area contributed by atoms with Crippen LogP contribution in [0.2, 0.25) is 0 Å². The zero-order valence-electron chi connectivity index (χ0n) is 22.7. The van der Waals surface area contributed by atoms with Gasteiger partial charge in [0, 0.05) is 43.3 Å². The van der Waals surface area contributed by atoms with E-state index in [9.17, 15) is 9.59 Å². The summed E-state index contributed by atoms with van der Waals surface area (Å²) < 4.78 is 5.77. The Labute approximate surface area is 217 Å². The summed E-state index contributed by atoms with van der Waals surface area (Å²) in [4.78, 5) is 30.1. The van der Waals surface area contributed by atoms with Crippen molar-refractivity contribution in [3.8, 4) is 0 Å². The maximum Gasteiger partial charge on any atom is 0.253 e. The Kier molecular flexibility index (Phi) is 12.6. The van der Waals surface area contributed by atoms with E-state index in [2.05, 4.69) is 38.2 Å². The van der Waals surface area contributed by atoms with Gasteiger partial charge in [-0.15, -0.1) is 0 Å². The Hall–Kier alpha value is -2.74. The summed E-state index contributed by atoms with van der Waals surface area (Å²) in [7, 11) is 3.93. The minimum absolute atomic E-state index is 0.0365. The third-order valence-electron chi connectivity index (χ3n) is 5.80. The minimum Gasteiger partial charge on any atom is -0.375 e. The van der Waals surface area contributed by atoms with E-state index < -0.39 is 0 Å². The van der Waals surface area contributed by atoms with Gasteiger partial charge in [-0.3, -0.25) is 9.59 Å². The van der Waals surface area contributed by atoms with Gasteiger partial charge in [-0.1, -0.05) is 45.0 Å². The Morgan fingerprint density at radius 3 is 2.25 bits per heavy atom. The summed E-state index contributed by atoms with van der Waals surface area (Å²) in [6.45, 7) is 9.39. The van der Waals surface area contributed by atoms with Gasteiger partial charge in [0.1, 0.15) is 0 Å². The lowest BCUT2D eigenvalue weighted by Crippen LogP contribution is -2.40. The summed E-state index contributed by atoms with van der Waals surface area (Å²) in [5.41, 5.74) is 10.5. The average Bonchev–Trinajstić information content (AvgIpc) is 2.86. The molecule has 7 heteroatoms. The molecule has 2 aromatic carbocycles. The van der Waals surface area contributed by atoms with E-state index in [1.807, 2.05) is 48.2 Å². The molecule has 0 spiro atoms. The number of nitrogens with zero attached hydrogens (tertiary/aromatic N) is 2. The van der Waals surface area contributed by atoms with Gasteiger partial charge < -0.3 is 25.6 Å². The van der Waals surface area contributed by atoms with Crippen molar-refractivity contribution >= 4 is 11.8 Å². The van der Waals surface area contributed by atoms with Crippen molar-refractivity contribution in [2.75, 3.05) is 40.3 Å². The second-order valence-electron chi connectivity index (χ2n) is 9.61. The number of rotatable bonds is 15. The van der Waals surface area contributed by atoms with Gasteiger partial charge in [0.15, 0.2) is 0 Å². The number of carbonyl (C=O) groups is 2. The fourth-order valence-corrected chi connectivity index (χ4v) is 4.09. The molecule has 0 aliphatic heterocycles. The van der Waals surface area contributed by atoms with E-state index in [1.54, 1.807) is 6.07 Å². The van der Waals surface area contributed by atoms with E-state index in [4.69, 9.17) is 10.5 Å². The predicted molar refractivity (Wildman–Crippen MR) is 146 cm³/mol. The highest BCUT2D eigenvalue weighted by Crippen LogP contribution is 2.15. The third kappa shape index (κ3) is 9.72. The lowest BCUT2D eigenvalue weighted by molar-refractivity contribution is 0.0755. The Morgan fingerprint density at radius 2 is 1.61 bits per heavy atom. The molecule has 2 amide bonds. The van der Waals surface area contributed by atoms with Gasteiger partial charge in [-0.05, 0) is 68.2 Å². The standard InChI is InChI=1S/C29H44N4O3/c1-6-12-33(13-7-2)29(35)26-16-24(19-32(4)5)15-25(17-26)28(34)31-18-27(30)21-36-20-23-11-9-10-22(8-3)14-23/h9-11,14-17,27H,6-8,12-13,18-21,30H2,1-5H3,(H,31,34). The number of nitrogens with one attached hydrogen (secondary N) is 1. The van der Waals surface area contributed by atoms with Gasteiger partial charge in [-0.25, -0.2) is 0 Å². The van der Waals surface area contributed by atoms with Crippen molar-refractivity contribution in [2.24, 2.45) is 5.73 Å². The normalized spacial score (nSPS) is 12.0. The number of ether oxygens (including phenoxy) is 1. The topological polar surface area (TPSA) is 87.9 Å². The van der Waals surface area contributed by atoms with Crippen molar-refractivity contribution in [1.82, 2.24) is 15.1 Å². The molecular formula is C29H44N4O3. The number of amides is 2. The highest BCUT2D eigenvalue weighted by molar-refractivity contribution is 6.00. The van der Waals surface area contributed by atoms with Crippen LogP contribution in [0.15, 0.2) is 42.5 Å². The smallest absolute Gasteiger partial charge is 0.253 e. The van der Waals surface area contributed by atoms with Crippen molar-refractivity contribution in [3.63, 3.8) is 0 Å². The van der Waals surface area contributed by atoms with E-state index in [-0.39, 0.29) is 24.4 Å². The number of benzene rings is 2. The first-order chi connectivity index (χ1) is 17.3. The SMILES string of the molecule is CCCN(CCC)C(=O)c1cc(CN(C)C)cc(C(=O)NCC(N)COCc2cccc(CC)c2)c1. The molecule has 7 nitrogen and oxygen atoms in total. The maximum atomic E-state index is 13.2. The molecule has 0 aliphatic carbocycles. The van der Waals surface area contributed by atoms with Crippen LogP contribution in [0.25, 0.3) is 0 Å². The van der Waals surface area contributed by atoms with Gasteiger partial charge in [0.25, 0.3) is 11.8 Å². The lowest BCUT2D eigenvalue weighted by Gasteiger charge is -2.22. The zero-order chi connectivity index (χ0) is 26.5. The first kappa shape index (κ1) is 29.5. The third-order valence-corrected chi connectivity index (χ3v) is 5.80. The number of hydrogen-bond donors (Lipinski definition) is 2. The zero-order valence-corrected chi connectivity index (χ0v) is 22.7. The molecule has 2 rings (SSSR count). The first-order valence-corrected chi connectivity index (χ1v) is 13.0. The monoisotopic (exact) mass is 496 g/mol. The molecule has 198 valence electrons. The summed E-state index contributed by atoms with van der Waals surface area (Å²) >= 11 is 0. The predicted octanol–water partition coefficient (Wildman–Crippen LogP) is 3.85. The first-order valence-electron chi connectivity index (χ1n) is 13.0. The largest absolute Gasteiger partial charge is 0.375 e. The van der Waals surface area contributed by atoms with Crippen LogP contribution in [-0.2, 0) is 24.3 Å². The van der Waals surface area contributed by atoms with Crippen molar-refractivity contribution in [3.05, 3.63) is 70.3 Å². The molecule has 0 saturated heterocycles. The Bertz CT molecular complexity index is 971. The van der Waals surface area contributed by atoms with Crippen LogP contribution < -0.4 is 11.1 Å². The minimum atomic E-state index is -0.334. The summed E-state index contributed by atoms with van der Waals surface area (Å²) in [5.74, 6) is -0.279. The van der Waals surface area contributed by atoms with E-state index in [0.29, 0.717) is 44.0 Å². The second-order valence-corrected chi connectivity index (χ2v) is 9.61. The Morgan fingerprint density at radius 1 is 0.944 bits per heavy atom. The van der Waals surface area contributed by atoms with Crippen LogP contribution in [0.5, 0.6) is 0 Å². The van der Waals surface area contributed by atoms with Crippen LogP contribution in [0.3, 0.4) is 0 Å². The summed E-state index contributed by atoms with van der Waals surface area (Å²) in [5, 5.41) is 2.91. The number of aryl methyl sites for hydroxylation is 1. The van der Waals surface area contributed by atoms with Crippen molar-refractivity contribution in [2.45, 2.75) is 59.2 Å². The molecule has 0 bridgehead atoms. The number of carbonyl (C=O) groups excluding carboxylic acids is 2. The van der Waals surface area contributed by atoms with E-state index in [0.717, 1.165) is 30.4 Å². The molecule has 0 aliphatic rings. The molecule has 0 saturated carbocycles. The molecule has 2 aromatic rings. The highest BCUT2D eigenvalue weighted by atomic mass is 16.5. The number of nitrogens with two attached hydrogens (primary N) is 1. The van der Waals surface area contributed by atoms with Crippen LogP contribution >= 0.6 is 0 Å². The summed E-state index contributed by atoms with van der Waals surface area (Å²) in [6, 6.07) is 13.4. The molecule has 1 unspecified atom stereocenters. The van der Waals surface area contributed by atoms with Crippen molar-refractivity contribution < 1.29 is 14.3 Å². The van der Waals surface area contributed by atoms with Crippen LogP contribution in [0.4, 0.5) is 0 Å². The van der Waals surface area contributed by atoms with Gasteiger partial charge in [0.05, 0.1) is 13.2 Å². The molecule has 0 heterocycles. The van der Waals surface area contributed by atoms with Gasteiger partial charge in [-0.2, -0.15) is 0 Å². The highest BCUT2D eigenvalue weighted by Gasteiger charge is 2.18. The van der Waals surface area contributed by atoms with Gasteiger partial charge in [0.2, 0.25) is 0 Å². The molecule has 3 N–H and O–H groups in total. The molecule has 0 radical (unpaired) electrons. The molecule has 0 fully saturated rings. The lowest BCUT2D eigenvalue weighted by atomic mass is 10.0. The average molecular weight is 497 g/mol. The fourth-order valence-electron chi connectivity index (χ4n) is 4.09. The summed E-state index contributed by atoms with van der Waals surface area (Å²) in [6.07, 6.45) is 2.76. The molecule has 36 heavy (non-hydrogen) atoms. The van der Waals surface area contributed by atoms with Crippen LogP contribution in [0.1, 0.15) is 71.0 Å². The van der Waals surface area contributed by atoms with Gasteiger partial charge >= 0.3 is 0 Å². The maximum absolute atomic E-state index is 13.2.